The van der Waals surface area contributed by atoms with E-state index in [1.54, 1.807) is 0 Å². The molecule has 1 rings (SSSR count). The second-order valence-corrected chi connectivity index (χ2v) is 7.47. The summed E-state index contributed by atoms with van der Waals surface area (Å²) in [6.45, 7) is 15.6. The Labute approximate surface area is 119 Å². The minimum absolute atomic E-state index is 0.248. The van der Waals surface area contributed by atoms with Crippen molar-refractivity contribution in [2.75, 3.05) is 19.8 Å². The van der Waals surface area contributed by atoms with Gasteiger partial charge in [-0.1, -0.05) is 34.6 Å². The Kier molecular flexibility index (Phi) is 6.78. The molecule has 0 aromatic carbocycles. The van der Waals surface area contributed by atoms with E-state index in [0.717, 1.165) is 26.1 Å². The summed E-state index contributed by atoms with van der Waals surface area (Å²) in [5.41, 5.74) is 0.248. The minimum Gasteiger partial charge on any atom is -0.379 e. The number of hydrogen-bond donors (Lipinski definition) is 1. The largest absolute Gasteiger partial charge is 0.379 e. The molecule has 1 N–H and O–H groups in total. The van der Waals surface area contributed by atoms with E-state index >= 15 is 0 Å². The molecule has 0 spiro atoms. The summed E-state index contributed by atoms with van der Waals surface area (Å²) >= 11 is 0. The molecule has 1 saturated carbocycles. The van der Waals surface area contributed by atoms with E-state index in [-0.39, 0.29) is 5.41 Å². The Balaban J connectivity index is 1.95. The van der Waals surface area contributed by atoms with Crippen LogP contribution in [0.5, 0.6) is 0 Å². The quantitative estimate of drug-likeness (QED) is 0.688. The third-order valence-electron chi connectivity index (χ3n) is 3.71. The van der Waals surface area contributed by atoms with Crippen molar-refractivity contribution in [3.05, 3.63) is 0 Å². The normalized spacial score (nSPS) is 25.4. The van der Waals surface area contributed by atoms with Crippen LogP contribution in [0.15, 0.2) is 0 Å². The first-order valence-corrected chi connectivity index (χ1v) is 7.73. The van der Waals surface area contributed by atoms with Crippen LogP contribution in [0.2, 0.25) is 0 Å². The van der Waals surface area contributed by atoms with E-state index in [9.17, 15) is 0 Å². The number of nitrogens with one attached hydrogen (secondary N) is 1. The maximum absolute atomic E-state index is 5.80. The average Bonchev–Trinajstić information content (AvgIpc) is 2.22. The highest BCUT2D eigenvalue weighted by atomic mass is 16.5. The topological polar surface area (TPSA) is 30.5 Å². The smallest absolute Gasteiger partial charge is 0.0704 e. The highest BCUT2D eigenvalue weighted by Gasteiger charge is 2.30. The summed E-state index contributed by atoms with van der Waals surface area (Å²) in [4.78, 5) is 0. The fraction of sp³-hybridized carbons (Fsp3) is 1.00. The molecule has 1 fully saturated rings. The third kappa shape index (κ3) is 7.28. The second-order valence-electron chi connectivity index (χ2n) is 7.47. The molecule has 0 aliphatic heterocycles. The monoisotopic (exact) mass is 271 g/mol. The molecule has 0 heterocycles. The maximum atomic E-state index is 5.80. The molecule has 19 heavy (non-hydrogen) atoms. The van der Waals surface area contributed by atoms with Crippen molar-refractivity contribution in [2.45, 2.75) is 72.6 Å². The number of ether oxygens (including phenoxy) is 2. The summed E-state index contributed by atoms with van der Waals surface area (Å²) < 4.78 is 11.4. The van der Waals surface area contributed by atoms with Crippen LogP contribution in [-0.4, -0.2) is 38.0 Å². The van der Waals surface area contributed by atoms with Gasteiger partial charge in [0.2, 0.25) is 0 Å². The highest BCUT2D eigenvalue weighted by Crippen LogP contribution is 2.24. The first-order chi connectivity index (χ1) is 8.78. The molecule has 0 unspecified atom stereocenters. The lowest BCUT2D eigenvalue weighted by Crippen LogP contribution is -2.50. The zero-order chi connectivity index (χ0) is 14.5. The van der Waals surface area contributed by atoms with Gasteiger partial charge in [-0.3, -0.25) is 0 Å². The lowest BCUT2D eigenvalue weighted by Gasteiger charge is -2.38. The zero-order valence-corrected chi connectivity index (χ0v) is 13.7. The molecular formula is C16H33NO2. The van der Waals surface area contributed by atoms with E-state index in [1.807, 2.05) is 0 Å². The van der Waals surface area contributed by atoms with Crippen LogP contribution >= 0.6 is 0 Å². The molecule has 3 heteroatoms. The van der Waals surface area contributed by atoms with Crippen LogP contribution in [0.4, 0.5) is 0 Å². The van der Waals surface area contributed by atoms with Crippen LogP contribution in [0, 0.1) is 11.3 Å². The molecule has 1 aliphatic carbocycles. The van der Waals surface area contributed by atoms with Gasteiger partial charge in [0.15, 0.2) is 0 Å². The summed E-state index contributed by atoms with van der Waals surface area (Å²) in [5.74, 6) is 0.700. The third-order valence-corrected chi connectivity index (χ3v) is 3.71. The van der Waals surface area contributed by atoms with Gasteiger partial charge in [0.25, 0.3) is 0 Å². The van der Waals surface area contributed by atoms with Crippen molar-refractivity contribution < 1.29 is 9.47 Å². The Hall–Kier alpha value is -0.120. The molecule has 0 aromatic heterocycles. The van der Waals surface area contributed by atoms with Crippen LogP contribution in [-0.2, 0) is 9.47 Å². The average molecular weight is 271 g/mol. The van der Waals surface area contributed by atoms with Gasteiger partial charge in [-0.15, -0.1) is 0 Å². The molecule has 3 nitrogen and oxygen atoms in total. The molecule has 1 aliphatic rings. The number of hydrogen-bond acceptors (Lipinski definition) is 3. The standard InChI is InChI=1S/C16H33NO2/c1-12(2)13(3)17-14-9-15(10-14)19-8-7-18-11-16(4,5)6/h12-15,17H,7-11H2,1-6H3/t13-,14?,15?/m0/s1. The first-order valence-electron chi connectivity index (χ1n) is 7.73. The van der Waals surface area contributed by atoms with E-state index in [4.69, 9.17) is 9.47 Å². The van der Waals surface area contributed by atoms with Crippen molar-refractivity contribution in [1.29, 1.82) is 0 Å². The minimum atomic E-state index is 0.248. The molecule has 0 aromatic rings. The summed E-state index contributed by atoms with van der Waals surface area (Å²) in [5, 5.41) is 3.66. The fourth-order valence-electron chi connectivity index (χ4n) is 2.05. The second kappa shape index (κ2) is 7.61. The first kappa shape index (κ1) is 16.9. The van der Waals surface area contributed by atoms with Crippen LogP contribution in [0.25, 0.3) is 0 Å². The zero-order valence-electron chi connectivity index (χ0n) is 13.7. The van der Waals surface area contributed by atoms with Gasteiger partial charge in [-0.05, 0) is 31.1 Å². The Morgan fingerprint density at radius 2 is 1.74 bits per heavy atom. The highest BCUT2D eigenvalue weighted by molar-refractivity contribution is 4.88. The van der Waals surface area contributed by atoms with E-state index in [1.165, 1.54) is 0 Å². The van der Waals surface area contributed by atoms with Crippen molar-refractivity contribution in [3.8, 4) is 0 Å². The van der Waals surface area contributed by atoms with E-state index in [2.05, 4.69) is 46.9 Å². The van der Waals surface area contributed by atoms with Gasteiger partial charge < -0.3 is 14.8 Å². The predicted octanol–water partition coefficient (Wildman–Crippen LogP) is 3.23. The molecular weight excluding hydrogens is 238 g/mol. The van der Waals surface area contributed by atoms with Gasteiger partial charge in [0, 0.05) is 12.1 Å². The molecule has 0 amide bonds. The Bertz CT molecular complexity index is 242. The summed E-state index contributed by atoms with van der Waals surface area (Å²) in [7, 11) is 0. The molecule has 114 valence electrons. The Morgan fingerprint density at radius 1 is 1.11 bits per heavy atom. The van der Waals surface area contributed by atoms with Crippen LogP contribution in [0.3, 0.4) is 0 Å². The SMILES string of the molecule is CC(C)[C@H](C)NC1CC(OCCOCC(C)(C)C)C1. The summed E-state index contributed by atoms with van der Waals surface area (Å²) in [6, 6.07) is 1.25. The van der Waals surface area contributed by atoms with Gasteiger partial charge >= 0.3 is 0 Å². The lowest BCUT2D eigenvalue weighted by atomic mass is 9.88. The Morgan fingerprint density at radius 3 is 2.26 bits per heavy atom. The van der Waals surface area contributed by atoms with E-state index in [0.29, 0.717) is 30.7 Å². The van der Waals surface area contributed by atoms with Crippen molar-refractivity contribution >= 4 is 0 Å². The molecule has 0 saturated heterocycles. The van der Waals surface area contributed by atoms with Gasteiger partial charge in [0.05, 0.1) is 25.9 Å². The molecule has 0 radical (unpaired) electrons. The summed E-state index contributed by atoms with van der Waals surface area (Å²) in [6.07, 6.45) is 2.74. The number of rotatable bonds is 8. The van der Waals surface area contributed by atoms with Gasteiger partial charge in [0.1, 0.15) is 0 Å². The maximum Gasteiger partial charge on any atom is 0.0704 e. The van der Waals surface area contributed by atoms with Crippen molar-refractivity contribution in [2.24, 2.45) is 11.3 Å². The van der Waals surface area contributed by atoms with Crippen LogP contribution in [0.1, 0.15) is 54.4 Å². The van der Waals surface area contributed by atoms with Crippen molar-refractivity contribution in [3.63, 3.8) is 0 Å². The molecule has 0 bridgehead atoms. The molecule has 1 atom stereocenters. The van der Waals surface area contributed by atoms with Gasteiger partial charge in [-0.25, -0.2) is 0 Å². The van der Waals surface area contributed by atoms with E-state index < -0.39 is 0 Å². The lowest BCUT2D eigenvalue weighted by molar-refractivity contribution is -0.0509. The fourth-order valence-corrected chi connectivity index (χ4v) is 2.05. The van der Waals surface area contributed by atoms with Crippen molar-refractivity contribution in [1.82, 2.24) is 5.32 Å². The predicted molar refractivity (Wildman–Crippen MR) is 80.5 cm³/mol. The van der Waals surface area contributed by atoms with Gasteiger partial charge in [-0.2, -0.15) is 0 Å². The van der Waals surface area contributed by atoms with Crippen LogP contribution < -0.4 is 5.32 Å².